The third-order valence-corrected chi connectivity index (χ3v) is 4.29. The number of amides is 1. The molecule has 130 valence electrons. The zero-order valence-electron chi connectivity index (χ0n) is 14.3. The SMILES string of the molecule is COC(=O)N(C#CCN1CCCCC1CCO)Cc1ccccc1. The van der Waals surface area contributed by atoms with Crippen LogP contribution in [0.2, 0.25) is 0 Å². The van der Waals surface area contributed by atoms with E-state index in [0.717, 1.165) is 31.4 Å². The summed E-state index contributed by atoms with van der Waals surface area (Å²) < 4.78 is 4.82. The molecular formula is C19H26N2O3. The maximum Gasteiger partial charge on any atom is 0.421 e. The number of likely N-dealkylation sites (tertiary alicyclic amines) is 1. The van der Waals surface area contributed by atoms with Gasteiger partial charge in [0.2, 0.25) is 0 Å². The van der Waals surface area contributed by atoms with E-state index in [9.17, 15) is 9.90 Å². The summed E-state index contributed by atoms with van der Waals surface area (Å²) in [5.74, 6) is 3.10. The molecule has 1 aliphatic heterocycles. The Balaban J connectivity index is 1.98. The highest BCUT2D eigenvalue weighted by Gasteiger charge is 2.21. The number of aliphatic hydroxyl groups excluding tert-OH is 1. The first-order valence-electron chi connectivity index (χ1n) is 8.47. The van der Waals surface area contributed by atoms with Gasteiger partial charge in [0.1, 0.15) is 0 Å². The summed E-state index contributed by atoms with van der Waals surface area (Å²) in [6, 6.07) is 13.0. The Morgan fingerprint density at radius 3 is 2.88 bits per heavy atom. The Hall–Kier alpha value is -2.03. The van der Waals surface area contributed by atoms with Crippen LogP contribution in [0.25, 0.3) is 0 Å². The molecule has 2 rings (SSSR count). The van der Waals surface area contributed by atoms with Crippen LogP contribution in [0.5, 0.6) is 0 Å². The van der Waals surface area contributed by atoms with E-state index in [0.29, 0.717) is 19.1 Å². The Labute approximate surface area is 144 Å². The van der Waals surface area contributed by atoms with E-state index in [1.807, 2.05) is 30.3 Å². The second-order valence-corrected chi connectivity index (χ2v) is 5.96. The molecule has 1 amide bonds. The third-order valence-electron chi connectivity index (χ3n) is 4.29. The topological polar surface area (TPSA) is 53.0 Å². The number of piperidine rings is 1. The molecule has 24 heavy (non-hydrogen) atoms. The second-order valence-electron chi connectivity index (χ2n) is 5.96. The summed E-state index contributed by atoms with van der Waals surface area (Å²) in [7, 11) is 1.37. The van der Waals surface area contributed by atoms with Crippen molar-refractivity contribution in [2.24, 2.45) is 0 Å². The van der Waals surface area contributed by atoms with E-state index in [4.69, 9.17) is 4.74 Å². The largest absolute Gasteiger partial charge is 0.452 e. The number of benzene rings is 1. The first-order valence-corrected chi connectivity index (χ1v) is 8.47. The lowest BCUT2D eigenvalue weighted by Crippen LogP contribution is -2.40. The van der Waals surface area contributed by atoms with Crippen LogP contribution in [-0.4, -0.2) is 53.8 Å². The molecule has 0 aromatic heterocycles. The van der Waals surface area contributed by atoms with Crippen molar-refractivity contribution in [3.05, 3.63) is 35.9 Å². The zero-order valence-corrected chi connectivity index (χ0v) is 14.3. The van der Waals surface area contributed by atoms with Crippen LogP contribution in [0.3, 0.4) is 0 Å². The van der Waals surface area contributed by atoms with Gasteiger partial charge in [-0.1, -0.05) is 42.7 Å². The standard InChI is InChI=1S/C19H26N2O3/c1-24-19(23)21(16-17-8-3-2-4-9-17)14-7-13-20-12-6-5-10-18(20)11-15-22/h2-4,8-9,18,22H,5-6,10-13,15-16H2,1H3. The molecule has 1 heterocycles. The third kappa shape index (κ3) is 5.55. The van der Waals surface area contributed by atoms with E-state index >= 15 is 0 Å². The Morgan fingerprint density at radius 2 is 2.17 bits per heavy atom. The molecule has 0 aliphatic carbocycles. The number of carbonyl (C=O) groups is 1. The summed E-state index contributed by atoms with van der Waals surface area (Å²) in [5, 5.41) is 9.19. The number of hydrogen-bond acceptors (Lipinski definition) is 4. The molecule has 0 spiro atoms. The van der Waals surface area contributed by atoms with Crippen molar-refractivity contribution < 1.29 is 14.6 Å². The van der Waals surface area contributed by atoms with Crippen LogP contribution in [0.15, 0.2) is 30.3 Å². The summed E-state index contributed by atoms with van der Waals surface area (Å²) in [6.45, 7) is 2.21. The van der Waals surface area contributed by atoms with Gasteiger partial charge in [0, 0.05) is 18.7 Å². The van der Waals surface area contributed by atoms with Crippen molar-refractivity contribution in [3.63, 3.8) is 0 Å². The molecule has 5 nitrogen and oxygen atoms in total. The fraction of sp³-hybridized carbons (Fsp3) is 0.526. The molecule has 0 saturated carbocycles. The molecule has 1 atom stereocenters. The number of ether oxygens (including phenoxy) is 1. The van der Waals surface area contributed by atoms with Crippen LogP contribution in [0, 0.1) is 12.0 Å². The molecule has 0 bridgehead atoms. The normalized spacial score (nSPS) is 17.7. The van der Waals surface area contributed by atoms with Gasteiger partial charge in [-0.25, -0.2) is 9.69 Å². The maximum atomic E-state index is 11.9. The smallest absolute Gasteiger partial charge is 0.421 e. The molecule has 1 aromatic carbocycles. The van der Waals surface area contributed by atoms with Crippen molar-refractivity contribution >= 4 is 6.09 Å². The molecule has 1 unspecified atom stereocenters. The Bertz CT molecular complexity index is 563. The average Bonchev–Trinajstić information content (AvgIpc) is 2.62. The fourth-order valence-electron chi connectivity index (χ4n) is 3.00. The van der Waals surface area contributed by atoms with Gasteiger partial charge in [-0.2, -0.15) is 0 Å². The van der Waals surface area contributed by atoms with Gasteiger partial charge < -0.3 is 9.84 Å². The zero-order chi connectivity index (χ0) is 17.2. The first-order chi connectivity index (χ1) is 11.7. The summed E-state index contributed by atoms with van der Waals surface area (Å²) in [5.41, 5.74) is 1.01. The number of carbonyl (C=O) groups excluding carboxylic acids is 1. The van der Waals surface area contributed by atoms with Crippen molar-refractivity contribution in [2.75, 3.05) is 26.8 Å². The minimum atomic E-state index is -0.447. The molecule has 5 heteroatoms. The lowest BCUT2D eigenvalue weighted by molar-refractivity contribution is 0.133. The first kappa shape index (κ1) is 18.3. The second kappa shape index (κ2) is 9.96. The van der Waals surface area contributed by atoms with Gasteiger partial charge in [-0.15, -0.1) is 0 Å². The number of methoxy groups -OCH3 is 1. The maximum absolute atomic E-state index is 11.9. The lowest BCUT2D eigenvalue weighted by Gasteiger charge is -2.34. The van der Waals surface area contributed by atoms with E-state index in [1.165, 1.54) is 18.4 Å². The molecular weight excluding hydrogens is 304 g/mol. The van der Waals surface area contributed by atoms with Gasteiger partial charge in [-0.3, -0.25) is 4.90 Å². The van der Waals surface area contributed by atoms with Crippen LogP contribution >= 0.6 is 0 Å². The van der Waals surface area contributed by atoms with Gasteiger partial charge >= 0.3 is 6.09 Å². The van der Waals surface area contributed by atoms with Crippen molar-refractivity contribution in [2.45, 2.75) is 38.3 Å². The van der Waals surface area contributed by atoms with Crippen LogP contribution < -0.4 is 0 Å². The van der Waals surface area contributed by atoms with Gasteiger partial charge in [-0.05, 0) is 31.4 Å². The number of nitrogens with zero attached hydrogens (tertiary/aromatic N) is 2. The molecule has 1 N–H and O–H groups in total. The molecule has 1 saturated heterocycles. The van der Waals surface area contributed by atoms with Gasteiger partial charge in [0.15, 0.2) is 0 Å². The summed E-state index contributed by atoms with van der Waals surface area (Å²) in [6.07, 6.45) is 3.81. The number of aliphatic hydroxyl groups is 1. The van der Waals surface area contributed by atoms with Crippen molar-refractivity contribution in [1.82, 2.24) is 9.80 Å². The lowest BCUT2D eigenvalue weighted by atomic mass is 10.00. The predicted octanol–water partition coefficient (Wildman–Crippen LogP) is 2.45. The minimum absolute atomic E-state index is 0.205. The number of hydrogen-bond donors (Lipinski definition) is 1. The monoisotopic (exact) mass is 330 g/mol. The summed E-state index contributed by atoms with van der Waals surface area (Å²) >= 11 is 0. The van der Waals surface area contributed by atoms with Crippen LogP contribution in [0.1, 0.15) is 31.2 Å². The summed E-state index contributed by atoms with van der Waals surface area (Å²) in [4.78, 5) is 15.6. The van der Waals surface area contributed by atoms with Gasteiger partial charge in [0.05, 0.1) is 20.2 Å². The fourth-order valence-corrected chi connectivity index (χ4v) is 3.00. The number of rotatable bonds is 5. The highest BCUT2D eigenvalue weighted by molar-refractivity contribution is 5.69. The Kier molecular flexibility index (Phi) is 7.60. The van der Waals surface area contributed by atoms with Crippen LogP contribution in [-0.2, 0) is 11.3 Å². The molecule has 1 aliphatic rings. The molecule has 1 fully saturated rings. The predicted molar refractivity (Wildman–Crippen MR) is 93.1 cm³/mol. The van der Waals surface area contributed by atoms with E-state index in [-0.39, 0.29) is 6.61 Å². The van der Waals surface area contributed by atoms with E-state index in [1.54, 1.807) is 0 Å². The minimum Gasteiger partial charge on any atom is -0.452 e. The highest BCUT2D eigenvalue weighted by atomic mass is 16.5. The van der Waals surface area contributed by atoms with E-state index < -0.39 is 6.09 Å². The molecule has 0 radical (unpaired) electrons. The average molecular weight is 330 g/mol. The van der Waals surface area contributed by atoms with Crippen molar-refractivity contribution in [3.8, 4) is 12.0 Å². The Morgan fingerprint density at radius 1 is 1.38 bits per heavy atom. The molecule has 1 aromatic rings. The quantitative estimate of drug-likeness (QED) is 0.665. The van der Waals surface area contributed by atoms with Crippen molar-refractivity contribution in [1.29, 1.82) is 0 Å². The van der Waals surface area contributed by atoms with E-state index in [2.05, 4.69) is 16.9 Å². The highest BCUT2D eigenvalue weighted by Crippen LogP contribution is 2.18. The van der Waals surface area contributed by atoms with Gasteiger partial charge in [0.25, 0.3) is 0 Å². The van der Waals surface area contributed by atoms with Crippen LogP contribution in [0.4, 0.5) is 4.79 Å².